The van der Waals surface area contributed by atoms with Gasteiger partial charge in [-0.2, -0.15) is 0 Å². The van der Waals surface area contributed by atoms with Crippen molar-refractivity contribution in [3.63, 3.8) is 0 Å². The molecule has 0 bridgehead atoms. The first kappa shape index (κ1) is 16.0. The molecule has 5 nitrogen and oxygen atoms in total. The summed E-state index contributed by atoms with van der Waals surface area (Å²) in [5, 5.41) is 9.65. The second kappa shape index (κ2) is 5.62. The van der Waals surface area contributed by atoms with Gasteiger partial charge in [0.05, 0.1) is 0 Å². The molecule has 1 saturated heterocycles. The molecule has 1 aromatic rings. The number of piperidine rings is 1. The quantitative estimate of drug-likeness (QED) is 0.795. The lowest BCUT2D eigenvalue weighted by Gasteiger charge is -2.44. The molecule has 5 heteroatoms. The van der Waals surface area contributed by atoms with E-state index in [9.17, 15) is 9.90 Å². The average Bonchev–Trinajstić information content (AvgIpc) is 2.45. The third-order valence-corrected chi connectivity index (χ3v) is 4.55. The van der Waals surface area contributed by atoms with Crippen molar-refractivity contribution in [3.8, 4) is 11.5 Å². The van der Waals surface area contributed by atoms with E-state index in [0.29, 0.717) is 13.1 Å². The smallest absolute Gasteiger partial charge is 0.410 e. The molecule has 23 heavy (non-hydrogen) atoms. The van der Waals surface area contributed by atoms with Crippen LogP contribution in [0, 0.1) is 0 Å². The first-order valence-corrected chi connectivity index (χ1v) is 8.25. The fourth-order valence-corrected chi connectivity index (χ4v) is 3.27. The molecule has 3 rings (SSSR count). The van der Waals surface area contributed by atoms with Crippen molar-refractivity contribution in [3.05, 3.63) is 23.8 Å². The lowest BCUT2D eigenvalue weighted by Crippen LogP contribution is -2.51. The van der Waals surface area contributed by atoms with Gasteiger partial charge in [0.25, 0.3) is 0 Å². The van der Waals surface area contributed by atoms with E-state index in [0.717, 1.165) is 37.0 Å². The lowest BCUT2D eigenvalue weighted by molar-refractivity contribution is -0.0273. The minimum absolute atomic E-state index is 0.223. The summed E-state index contributed by atoms with van der Waals surface area (Å²) in [6.45, 7) is 6.92. The maximum absolute atomic E-state index is 12.2. The highest BCUT2D eigenvalue weighted by Gasteiger charge is 2.41. The Labute approximate surface area is 137 Å². The molecule has 0 unspecified atom stereocenters. The summed E-state index contributed by atoms with van der Waals surface area (Å²) in [7, 11) is 0. The number of phenolic OH excluding ortho intramolecular Hbond substituents is 1. The standard InChI is InChI=1S/C18H25NO4/c1-17(2,3)23-16(21)19-10-8-18(9-11-19)7-6-13-4-5-14(20)12-15(13)22-18/h4-5,12,20H,6-11H2,1-3H3. The number of amides is 1. The second-order valence-electron chi connectivity index (χ2n) is 7.54. The normalized spacial score (nSPS) is 19.9. The Morgan fingerprint density at radius 1 is 1.26 bits per heavy atom. The van der Waals surface area contributed by atoms with Gasteiger partial charge in [-0.15, -0.1) is 0 Å². The highest BCUT2D eigenvalue weighted by Crippen LogP contribution is 2.40. The SMILES string of the molecule is CC(C)(C)OC(=O)N1CCC2(CCc3ccc(O)cc3O2)CC1. The Morgan fingerprint density at radius 2 is 1.96 bits per heavy atom. The maximum atomic E-state index is 12.2. The Kier molecular flexibility index (Phi) is 3.90. The summed E-state index contributed by atoms with van der Waals surface area (Å²) in [4.78, 5) is 13.9. The van der Waals surface area contributed by atoms with Crippen LogP contribution in [0.25, 0.3) is 0 Å². The monoisotopic (exact) mass is 319 g/mol. The number of phenols is 1. The van der Waals surface area contributed by atoms with Gasteiger partial charge in [0.1, 0.15) is 22.7 Å². The molecule has 1 aromatic carbocycles. The molecule has 2 aliphatic rings. The predicted molar refractivity (Wildman–Crippen MR) is 86.8 cm³/mol. The van der Waals surface area contributed by atoms with Gasteiger partial charge in [0.2, 0.25) is 0 Å². The average molecular weight is 319 g/mol. The Hall–Kier alpha value is -1.91. The van der Waals surface area contributed by atoms with E-state index in [2.05, 4.69) is 0 Å². The van der Waals surface area contributed by atoms with Crippen molar-refractivity contribution in [2.75, 3.05) is 13.1 Å². The fraction of sp³-hybridized carbons (Fsp3) is 0.611. The number of rotatable bonds is 0. The van der Waals surface area contributed by atoms with E-state index >= 15 is 0 Å². The van der Waals surface area contributed by atoms with Crippen molar-refractivity contribution in [1.29, 1.82) is 0 Å². The molecule has 2 heterocycles. The predicted octanol–water partition coefficient (Wildman–Crippen LogP) is 3.49. The molecule has 0 radical (unpaired) electrons. The first-order chi connectivity index (χ1) is 10.8. The van der Waals surface area contributed by atoms with Crippen LogP contribution in [0.1, 0.15) is 45.6 Å². The van der Waals surface area contributed by atoms with Crippen LogP contribution >= 0.6 is 0 Å². The van der Waals surface area contributed by atoms with E-state index in [1.165, 1.54) is 0 Å². The van der Waals surface area contributed by atoms with Crippen molar-refractivity contribution in [1.82, 2.24) is 4.90 Å². The van der Waals surface area contributed by atoms with Crippen LogP contribution in [0.4, 0.5) is 4.79 Å². The van der Waals surface area contributed by atoms with E-state index in [4.69, 9.17) is 9.47 Å². The first-order valence-electron chi connectivity index (χ1n) is 8.25. The number of aromatic hydroxyl groups is 1. The fourth-order valence-electron chi connectivity index (χ4n) is 3.27. The minimum atomic E-state index is -0.468. The van der Waals surface area contributed by atoms with Gasteiger partial charge < -0.3 is 19.5 Å². The van der Waals surface area contributed by atoms with Gasteiger partial charge in [0.15, 0.2) is 0 Å². The topological polar surface area (TPSA) is 59.0 Å². The molecule has 0 aliphatic carbocycles. The molecule has 1 fully saturated rings. The summed E-state index contributed by atoms with van der Waals surface area (Å²) in [5.74, 6) is 1.01. The van der Waals surface area contributed by atoms with Gasteiger partial charge in [-0.1, -0.05) is 6.07 Å². The van der Waals surface area contributed by atoms with E-state index in [1.807, 2.05) is 26.8 Å². The Balaban J connectivity index is 1.64. The van der Waals surface area contributed by atoms with Gasteiger partial charge >= 0.3 is 6.09 Å². The van der Waals surface area contributed by atoms with Crippen LogP contribution < -0.4 is 4.74 Å². The van der Waals surface area contributed by atoms with Crippen LogP contribution in [0.15, 0.2) is 18.2 Å². The summed E-state index contributed by atoms with van der Waals surface area (Å²) in [6, 6.07) is 5.31. The second-order valence-corrected chi connectivity index (χ2v) is 7.54. The van der Waals surface area contributed by atoms with Gasteiger partial charge in [0, 0.05) is 32.0 Å². The summed E-state index contributed by atoms with van der Waals surface area (Å²) in [6.07, 6.45) is 3.23. The zero-order valence-corrected chi connectivity index (χ0v) is 14.1. The third-order valence-electron chi connectivity index (χ3n) is 4.55. The number of hydrogen-bond acceptors (Lipinski definition) is 4. The van der Waals surface area contributed by atoms with Crippen LogP contribution in [0.3, 0.4) is 0 Å². The molecule has 2 aliphatic heterocycles. The number of hydrogen-bond donors (Lipinski definition) is 1. The lowest BCUT2D eigenvalue weighted by atomic mass is 9.83. The van der Waals surface area contributed by atoms with Crippen molar-refractivity contribution >= 4 is 6.09 Å². The number of nitrogens with zero attached hydrogens (tertiary/aromatic N) is 1. The molecule has 1 N–H and O–H groups in total. The molecule has 1 amide bonds. The highest BCUT2D eigenvalue weighted by molar-refractivity contribution is 5.68. The number of fused-ring (bicyclic) bond motifs is 1. The highest BCUT2D eigenvalue weighted by atomic mass is 16.6. The number of carbonyl (C=O) groups excluding carboxylic acids is 1. The number of aryl methyl sites for hydroxylation is 1. The van der Waals surface area contributed by atoms with Crippen molar-refractivity contribution < 1.29 is 19.4 Å². The van der Waals surface area contributed by atoms with E-state index < -0.39 is 5.60 Å². The zero-order chi connectivity index (χ0) is 16.7. The molecular weight excluding hydrogens is 294 g/mol. The number of benzene rings is 1. The zero-order valence-electron chi connectivity index (χ0n) is 14.1. The molecular formula is C18H25NO4. The molecule has 0 atom stereocenters. The largest absolute Gasteiger partial charge is 0.508 e. The van der Waals surface area contributed by atoms with Gasteiger partial charge in [-0.25, -0.2) is 4.79 Å². The Bertz CT molecular complexity index is 598. The minimum Gasteiger partial charge on any atom is -0.508 e. The third kappa shape index (κ3) is 3.54. The summed E-state index contributed by atoms with van der Waals surface area (Å²) >= 11 is 0. The van der Waals surface area contributed by atoms with Crippen molar-refractivity contribution in [2.24, 2.45) is 0 Å². The van der Waals surface area contributed by atoms with Gasteiger partial charge in [-0.3, -0.25) is 0 Å². The van der Waals surface area contributed by atoms with Gasteiger partial charge in [-0.05, 0) is 45.2 Å². The van der Waals surface area contributed by atoms with E-state index in [-0.39, 0.29) is 17.4 Å². The van der Waals surface area contributed by atoms with E-state index in [1.54, 1.807) is 17.0 Å². The van der Waals surface area contributed by atoms with Crippen LogP contribution in [0.2, 0.25) is 0 Å². The maximum Gasteiger partial charge on any atom is 0.410 e. The van der Waals surface area contributed by atoms with Crippen LogP contribution in [0.5, 0.6) is 11.5 Å². The summed E-state index contributed by atoms with van der Waals surface area (Å²) < 4.78 is 11.7. The number of likely N-dealkylation sites (tertiary alicyclic amines) is 1. The molecule has 1 spiro atoms. The summed E-state index contributed by atoms with van der Waals surface area (Å²) in [5.41, 5.74) is 0.451. The van der Waals surface area contributed by atoms with Crippen molar-refractivity contribution in [2.45, 2.75) is 57.7 Å². The number of carbonyl (C=O) groups is 1. The number of ether oxygens (including phenoxy) is 2. The molecule has 0 saturated carbocycles. The Morgan fingerprint density at radius 3 is 2.61 bits per heavy atom. The molecule has 126 valence electrons. The molecule has 0 aromatic heterocycles. The van der Waals surface area contributed by atoms with Crippen LogP contribution in [-0.2, 0) is 11.2 Å². The van der Waals surface area contributed by atoms with Crippen LogP contribution in [-0.4, -0.2) is 40.4 Å².